The van der Waals surface area contributed by atoms with Gasteiger partial charge < -0.3 is 19.3 Å². The number of benzene rings is 1. The van der Waals surface area contributed by atoms with Crippen molar-refractivity contribution >= 4 is 0 Å². The zero-order valence-electron chi connectivity index (χ0n) is 16.7. The molecule has 1 aliphatic rings. The molecule has 2 rings (SSSR count). The standard InChI is InChI=1S/C21H35NO4/c1-5-22(15-16(2)23)18-8-6-7-9-19(18)26-13-12-17-10-11-20(24-3)21(14-17)25-4/h10-11,14,16,18-19,23H,5-9,12-13,15H2,1-4H3/t16-,18?,19-/m0/s1. The highest BCUT2D eigenvalue weighted by atomic mass is 16.5. The van der Waals surface area contributed by atoms with Crippen LogP contribution in [0.4, 0.5) is 0 Å². The van der Waals surface area contributed by atoms with E-state index in [4.69, 9.17) is 14.2 Å². The van der Waals surface area contributed by atoms with Gasteiger partial charge in [0.25, 0.3) is 0 Å². The highest BCUT2D eigenvalue weighted by Gasteiger charge is 2.30. The lowest BCUT2D eigenvalue weighted by Gasteiger charge is -2.40. The second-order valence-corrected chi connectivity index (χ2v) is 7.14. The first-order valence-electron chi connectivity index (χ1n) is 9.83. The summed E-state index contributed by atoms with van der Waals surface area (Å²) in [6.45, 7) is 6.39. The Hall–Kier alpha value is -1.30. The average Bonchev–Trinajstić information content (AvgIpc) is 2.66. The van der Waals surface area contributed by atoms with E-state index >= 15 is 0 Å². The number of methoxy groups -OCH3 is 2. The molecule has 5 nitrogen and oxygen atoms in total. The second-order valence-electron chi connectivity index (χ2n) is 7.14. The van der Waals surface area contributed by atoms with Crippen LogP contribution in [0, 0.1) is 0 Å². The molecule has 0 aliphatic heterocycles. The number of aliphatic hydroxyl groups excluding tert-OH is 1. The van der Waals surface area contributed by atoms with Crippen LogP contribution in [0.25, 0.3) is 0 Å². The van der Waals surface area contributed by atoms with Gasteiger partial charge in [-0.2, -0.15) is 0 Å². The molecule has 26 heavy (non-hydrogen) atoms. The molecule has 1 N–H and O–H groups in total. The quantitative estimate of drug-likeness (QED) is 0.690. The lowest BCUT2D eigenvalue weighted by atomic mass is 9.91. The van der Waals surface area contributed by atoms with Crippen molar-refractivity contribution in [3.63, 3.8) is 0 Å². The van der Waals surface area contributed by atoms with Crippen LogP contribution in [-0.2, 0) is 11.2 Å². The minimum absolute atomic E-state index is 0.252. The molecule has 0 amide bonds. The molecule has 0 spiro atoms. The molecule has 1 saturated carbocycles. The summed E-state index contributed by atoms with van der Waals surface area (Å²) in [5.74, 6) is 1.51. The Morgan fingerprint density at radius 1 is 1.15 bits per heavy atom. The molecule has 1 aromatic carbocycles. The van der Waals surface area contributed by atoms with E-state index in [2.05, 4.69) is 17.9 Å². The van der Waals surface area contributed by atoms with E-state index in [1.54, 1.807) is 14.2 Å². The SMILES string of the molecule is CCN(C[C@H](C)O)C1CCCC[C@@H]1OCCc1ccc(OC)c(OC)c1. The van der Waals surface area contributed by atoms with Gasteiger partial charge in [0.1, 0.15) is 0 Å². The third kappa shape index (κ3) is 5.86. The van der Waals surface area contributed by atoms with Gasteiger partial charge in [0.2, 0.25) is 0 Å². The number of rotatable bonds is 10. The second kappa shape index (κ2) is 10.8. The van der Waals surface area contributed by atoms with Gasteiger partial charge in [-0.25, -0.2) is 0 Å². The summed E-state index contributed by atoms with van der Waals surface area (Å²) < 4.78 is 17.0. The van der Waals surface area contributed by atoms with Gasteiger partial charge in [0.15, 0.2) is 11.5 Å². The molecule has 0 radical (unpaired) electrons. The van der Waals surface area contributed by atoms with Crippen LogP contribution < -0.4 is 9.47 Å². The Kier molecular flexibility index (Phi) is 8.69. The summed E-state index contributed by atoms with van der Waals surface area (Å²) in [5, 5.41) is 9.78. The Bertz CT molecular complexity index is 535. The molecule has 3 atom stereocenters. The van der Waals surface area contributed by atoms with E-state index in [1.807, 2.05) is 19.1 Å². The topological polar surface area (TPSA) is 51.2 Å². The molecule has 0 bridgehead atoms. The molecule has 0 heterocycles. The van der Waals surface area contributed by atoms with Crippen molar-refractivity contribution < 1.29 is 19.3 Å². The normalized spacial score (nSPS) is 21.6. The van der Waals surface area contributed by atoms with Gasteiger partial charge in [0.05, 0.1) is 33.0 Å². The fourth-order valence-electron chi connectivity index (χ4n) is 3.89. The molecule has 5 heteroatoms. The molecule has 0 saturated heterocycles. The first kappa shape index (κ1) is 21.0. The number of ether oxygens (including phenoxy) is 3. The van der Waals surface area contributed by atoms with Crippen molar-refractivity contribution in [2.45, 2.75) is 64.2 Å². The van der Waals surface area contributed by atoms with Gasteiger partial charge in [-0.1, -0.05) is 25.8 Å². The number of hydrogen-bond donors (Lipinski definition) is 1. The Morgan fingerprint density at radius 3 is 2.54 bits per heavy atom. The Morgan fingerprint density at radius 2 is 1.88 bits per heavy atom. The molecular weight excluding hydrogens is 330 g/mol. The van der Waals surface area contributed by atoms with Crippen LogP contribution in [0.5, 0.6) is 11.5 Å². The van der Waals surface area contributed by atoms with Gasteiger partial charge in [-0.3, -0.25) is 4.90 Å². The van der Waals surface area contributed by atoms with Crippen molar-refractivity contribution in [2.75, 3.05) is 33.9 Å². The fraction of sp³-hybridized carbons (Fsp3) is 0.714. The summed E-state index contributed by atoms with van der Waals surface area (Å²) in [6.07, 6.45) is 5.54. The van der Waals surface area contributed by atoms with Crippen LogP contribution in [0.3, 0.4) is 0 Å². The van der Waals surface area contributed by atoms with E-state index in [-0.39, 0.29) is 12.2 Å². The molecule has 1 aromatic rings. The maximum Gasteiger partial charge on any atom is 0.160 e. The first-order chi connectivity index (χ1) is 12.6. The van der Waals surface area contributed by atoms with Crippen LogP contribution >= 0.6 is 0 Å². The molecule has 148 valence electrons. The monoisotopic (exact) mass is 365 g/mol. The van der Waals surface area contributed by atoms with Crippen molar-refractivity contribution in [1.82, 2.24) is 4.90 Å². The van der Waals surface area contributed by atoms with Crippen LogP contribution in [-0.4, -0.2) is 62.2 Å². The first-order valence-corrected chi connectivity index (χ1v) is 9.83. The van der Waals surface area contributed by atoms with E-state index < -0.39 is 0 Å². The summed E-state index contributed by atoms with van der Waals surface area (Å²) >= 11 is 0. The average molecular weight is 366 g/mol. The zero-order valence-corrected chi connectivity index (χ0v) is 16.7. The summed E-state index contributed by atoms with van der Waals surface area (Å²) in [4.78, 5) is 2.38. The number of hydrogen-bond acceptors (Lipinski definition) is 5. The van der Waals surface area contributed by atoms with Crippen LogP contribution in [0.2, 0.25) is 0 Å². The van der Waals surface area contributed by atoms with E-state index in [0.717, 1.165) is 43.9 Å². The number of aliphatic hydroxyl groups is 1. The zero-order chi connectivity index (χ0) is 18.9. The van der Waals surface area contributed by atoms with Gasteiger partial charge >= 0.3 is 0 Å². The Balaban J connectivity index is 1.92. The highest BCUT2D eigenvalue weighted by Crippen LogP contribution is 2.29. The van der Waals surface area contributed by atoms with E-state index in [9.17, 15) is 5.11 Å². The van der Waals surface area contributed by atoms with Crippen molar-refractivity contribution in [2.24, 2.45) is 0 Å². The van der Waals surface area contributed by atoms with Crippen molar-refractivity contribution in [3.05, 3.63) is 23.8 Å². The predicted molar refractivity (Wildman–Crippen MR) is 104 cm³/mol. The number of nitrogens with zero attached hydrogens (tertiary/aromatic N) is 1. The molecule has 1 aliphatic carbocycles. The third-order valence-corrected chi connectivity index (χ3v) is 5.21. The van der Waals surface area contributed by atoms with Crippen molar-refractivity contribution in [1.29, 1.82) is 0 Å². The summed E-state index contributed by atoms with van der Waals surface area (Å²) in [6, 6.07) is 6.44. The third-order valence-electron chi connectivity index (χ3n) is 5.21. The van der Waals surface area contributed by atoms with Gasteiger partial charge in [0, 0.05) is 12.6 Å². The fourth-order valence-corrected chi connectivity index (χ4v) is 3.89. The van der Waals surface area contributed by atoms with Crippen LogP contribution in [0.1, 0.15) is 45.1 Å². The molecule has 0 aromatic heterocycles. The molecular formula is C21H35NO4. The lowest BCUT2D eigenvalue weighted by molar-refractivity contribution is -0.0427. The van der Waals surface area contributed by atoms with Gasteiger partial charge in [-0.05, 0) is 50.4 Å². The van der Waals surface area contributed by atoms with Crippen molar-refractivity contribution in [3.8, 4) is 11.5 Å². The predicted octanol–water partition coefficient (Wildman–Crippen LogP) is 3.28. The molecule has 1 unspecified atom stereocenters. The largest absolute Gasteiger partial charge is 0.493 e. The lowest BCUT2D eigenvalue weighted by Crippen LogP contribution is -2.49. The minimum atomic E-state index is -0.302. The maximum absolute atomic E-state index is 9.78. The van der Waals surface area contributed by atoms with E-state index in [0.29, 0.717) is 12.6 Å². The smallest absolute Gasteiger partial charge is 0.160 e. The van der Waals surface area contributed by atoms with E-state index in [1.165, 1.54) is 18.4 Å². The highest BCUT2D eigenvalue weighted by molar-refractivity contribution is 5.42. The Labute approximate surface area is 158 Å². The molecule has 1 fully saturated rings. The minimum Gasteiger partial charge on any atom is -0.493 e. The summed E-state index contributed by atoms with van der Waals surface area (Å²) in [7, 11) is 3.31. The summed E-state index contributed by atoms with van der Waals surface area (Å²) in [5.41, 5.74) is 1.19. The van der Waals surface area contributed by atoms with Crippen LogP contribution in [0.15, 0.2) is 18.2 Å². The maximum atomic E-state index is 9.78. The number of likely N-dealkylation sites (N-methyl/N-ethyl adjacent to an activating group) is 1. The van der Waals surface area contributed by atoms with Gasteiger partial charge in [-0.15, -0.1) is 0 Å².